The van der Waals surface area contributed by atoms with Gasteiger partial charge in [-0.25, -0.2) is 4.39 Å². The van der Waals surface area contributed by atoms with Crippen molar-refractivity contribution in [2.45, 2.75) is 32.7 Å². The lowest BCUT2D eigenvalue weighted by Crippen LogP contribution is -2.30. The fourth-order valence-electron chi connectivity index (χ4n) is 1.35. The van der Waals surface area contributed by atoms with Crippen LogP contribution in [0.1, 0.15) is 26.7 Å². The minimum atomic E-state index is -0.284. The molecule has 0 unspecified atom stereocenters. The van der Waals surface area contributed by atoms with Gasteiger partial charge in [0.2, 0.25) is 5.91 Å². The van der Waals surface area contributed by atoms with Crippen LogP contribution < -0.4 is 10.1 Å². The molecule has 3 nitrogen and oxygen atoms in total. The highest BCUT2D eigenvalue weighted by atomic mass is 19.1. The molecule has 1 aromatic rings. The predicted octanol–water partition coefficient (Wildman–Crippen LogP) is 2.51. The van der Waals surface area contributed by atoms with Crippen LogP contribution in [-0.2, 0) is 4.79 Å². The number of benzene rings is 1. The summed E-state index contributed by atoms with van der Waals surface area (Å²) >= 11 is 0. The quantitative estimate of drug-likeness (QED) is 0.775. The molecule has 0 spiro atoms. The molecular weight excluding hydrogens is 221 g/mol. The Bertz CT molecular complexity index is 349. The summed E-state index contributed by atoms with van der Waals surface area (Å²) in [6, 6.07) is 6.01. The van der Waals surface area contributed by atoms with E-state index in [9.17, 15) is 9.18 Å². The third-order valence-electron chi connectivity index (χ3n) is 2.08. The van der Waals surface area contributed by atoms with Gasteiger partial charge in [0, 0.05) is 12.5 Å². The average Bonchev–Trinajstić information content (AvgIpc) is 2.26. The molecule has 1 aromatic carbocycles. The summed E-state index contributed by atoms with van der Waals surface area (Å²) in [7, 11) is 0. The van der Waals surface area contributed by atoms with Crippen molar-refractivity contribution >= 4 is 5.91 Å². The maximum absolute atomic E-state index is 12.6. The van der Waals surface area contributed by atoms with E-state index >= 15 is 0 Å². The van der Waals surface area contributed by atoms with Crippen LogP contribution in [0.4, 0.5) is 4.39 Å². The van der Waals surface area contributed by atoms with E-state index in [1.807, 2.05) is 13.8 Å². The molecule has 4 heteroatoms. The molecule has 0 aliphatic rings. The maximum atomic E-state index is 12.6. The topological polar surface area (TPSA) is 38.3 Å². The Balaban J connectivity index is 2.16. The molecule has 0 aliphatic heterocycles. The summed E-state index contributed by atoms with van der Waals surface area (Å²) in [6.07, 6.45) is 1.09. The Morgan fingerprint density at radius 3 is 2.59 bits per heavy atom. The molecule has 1 amide bonds. The van der Waals surface area contributed by atoms with Gasteiger partial charge in [0.1, 0.15) is 11.6 Å². The van der Waals surface area contributed by atoms with Crippen molar-refractivity contribution in [1.29, 1.82) is 0 Å². The molecule has 0 saturated heterocycles. The normalized spacial score (nSPS) is 10.4. The van der Waals surface area contributed by atoms with E-state index in [1.165, 1.54) is 12.1 Å². The van der Waals surface area contributed by atoms with Crippen molar-refractivity contribution in [3.8, 4) is 5.75 Å². The molecule has 0 fully saturated rings. The van der Waals surface area contributed by atoms with Crippen LogP contribution in [-0.4, -0.2) is 18.6 Å². The molecule has 0 saturated carbocycles. The Morgan fingerprint density at radius 2 is 2.00 bits per heavy atom. The van der Waals surface area contributed by atoms with Gasteiger partial charge >= 0.3 is 0 Å². The zero-order valence-electron chi connectivity index (χ0n) is 10.2. The Morgan fingerprint density at radius 1 is 1.35 bits per heavy atom. The first kappa shape index (κ1) is 13.5. The fraction of sp³-hybridized carbons (Fsp3) is 0.462. The van der Waals surface area contributed by atoms with Crippen molar-refractivity contribution in [3.05, 3.63) is 30.1 Å². The lowest BCUT2D eigenvalue weighted by atomic mass is 10.3. The SMILES string of the molecule is CC(C)NC(=O)CCCOc1ccc(F)cc1. The second-order valence-electron chi connectivity index (χ2n) is 4.13. The summed E-state index contributed by atoms with van der Waals surface area (Å²) in [5.41, 5.74) is 0. The van der Waals surface area contributed by atoms with E-state index in [4.69, 9.17) is 4.74 Å². The molecule has 94 valence electrons. The third-order valence-corrected chi connectivity index (χ3v) is 2.08. The molecule has 0 aromatic heterocycles. The monoisotopic (exact) mass is 239 g/mol. The summed E-state index contributed by atoms with van der Waals surface area (Å²) in [6.45, 7) is 4.30. The van der Waals surface area contributed by atoms with Crippen LogP contribution in [0.15, 0.2) is 24.3 Å². The molecule has 0 bridgehead atoms. The van der Waals surface area contributed by atoms with Crippen LogP contribution in [0.5, 0.6) is 5.75 Å². The lowest BCUT2D eigenvalue weighted by molar-refractivity contribution is -0.121. The molecule has 0 heterocycles. The highest BCUT2D eigenvalue weighted by Crippen LogP contribution is 2.11. The van der Waals surface area contributed by atoms with Gasteiger partial charge in [-0.1, -0.05) is 0 Å². The van der Waals surface area contributed by atoms with Crippen LogP contribution in [0, 0.1) is 5.82 Å². The zero-order valence-corrected chi connectivity index (χ0v) is 10.2. The largest absolute Gasteiger partial charge is 0.494 e. The standard InChI is InChI=1S/C13H18FNO2/c1-10(2)15-13(16)4-3-9-17-12-7-5-11(14)6-8-12/h5-8,10H,3-4,9H2,1-2H3,(H,15,16). The summed E-state index contributed by atoms with van der Waals surface area (Å²) < 4.78 is 18.0. The number of halogens is 1. The van der Waals surface area contributed by atoms with Gasteiger partial charge in [0.15, 0.2) is 0 Å². The first-order chi connectivity index (χ1) is 8.08. The maximum Gasteiger partial charge on any atom is 0.220 e. The third kappa shape index (κ3) is 5.90. The number of nitrogens with one attached hydrogen (secondary N) is 1. The minimum Gasteiger partial charge on any atom is -0.494 e. The number of carbonyl (C=O) groups excluding carboxylic acids is 1. The Hall–Kier alpha value is -1.58. The molecule has 0 atom stereocenters. The van der Waals surface area contributed by atoms with E-state index in [-0.39, 0.29) is 17.8 Å². The Labute approximate surface area is 101 Å². The van der Waals surface area contributed by atoms with E-state index < -0.39 is 0 Å². The number of carbonyl (C=O) groups is 1. The van der Waals surface area contributed by atoms with E-state index in [1.54, 1.807) is 12.1 Å². The highest BCUT2D eigenvalue weighted by Gasteiger charge is 2.02. The number of amides is 1. The lowest BCUT2D eigenvalue weighted by Gasteiger charge is -2.08. The molecule has 1 N–H and O–H groups in total. The van der Waals surface area contributed by atoms with Gasteiger partial charge < -0.3 is 10.1 Å². The van der Waals surface area contributed by atoms with Gasteiger partial charge in [-0.3, -0.25) is 4.79 Å². The zero-order chi connectivity index (χ0) is 12.7. The predicted molar refractivity (Wildman–Crippen MR) is 64.4 cm³/mol. The van der Waals surface area contributed by atoms with Crippen molar-refractivity contribution in [1.82, 2.24) is 5.32 Å². The summed E-state index contributed by atoms with van der Waals surface area (Å²) in [5, 5.41) is 2.80. The van der Waals surface area contributed by atoms with Crippen LogP contribution >= 0.6 is 0 Å². The number of hydrogen-bond acceptors (Lipinski definition) is 2. The van der Waals surface area contributed by atoms with Gasteiger partial charge in [-0.05, 0) is 44.5 Å². The van der Waals surface area contributed by atoms with E-state index in [0.29, 0.717) is 25.2 Å². The summed E-state index contributed by atoms with van der Waals surface area (Å²) in [4.78, 5) is 11.3. The number of hydrogen-bond donors (Lipinski definition) is 1. The van der Waals surface area contributed by atoms with Crippen molar-refractivity contribution in [2.24, 2.45) is 0 Å². The molecule has 0 aliphatic carbocycles. The van der Waals surface area contributed by atoms with Crippen molar-refractivity contribution in [3.63, 3.8) is 0 Å². The van der Waals surface area contributed by atoms with E-state index in [2.05, 4.69) is 5.32 Å². The highest BCUT2D eigenvalue weighted by molar-refractivity contribution is 5.76. The van der Waals surface area contributed by atoms with Crippen LogP contribution in [0.25, 0.3) is 0 Å². The second-order valence-corrected chi connectivity index (χ2v) is 4.13. The minimum absolute atomic E-state index is 0.0303. The van der Waals surface area contributed by atoms with Gasteiger partial charge in [0.25, 0.3) is 0 Å². The molecular formula is C13H18FNO2. The van der Waals surface area contributed by atoms with Crippen LogP contribution in [0.2, 0.25) is 0 Å². The van der Waals surface area contributed by atoms with Gasteiger partial charge in [0.05, 0.1) is 6.61 Å². The number of rotatable bonds is 6. The average molecular weight is 239 g/mol. The smallest absolute Gasteiger partial charge is 0.220 e. The van der Waals surface area contributed by atoms with Crippen LogP contribution in [0.3, 0.4) is 0 Å². The van der Waals surface area contributed by atoms with Gasteiger partial charge in [-0.2, -0.15) is 0 Å². The van der Waals surface area contributed by atoms with Gasteiger partial charge in [-0.15, -0.1) is 0 Å². The molecule has 0 radical (unpaired) electrons. The number of ether oxygens (including phenoxy) is 1. The Kier molecular flexibility index (Phi) is 5.46. The second kappa shape index (κ2) is 6.89. The first-order valence-corrected chi connectivity index (χ1v) is 5.75. The molecule has 17 heavy (non-hydrogen) atoms. The van der Waals surface area contributed by atoms with Crippen molar-refractivity contribution < 1.29 is 13.9 Å². The molecule has 1 rings (SSSR count). The van der Waals surface area contributed by atoms with Crippen molar-refractivity contribution in [2.75, 3.05) is 6.61 Å². The summed E-state index contributed by atoms with van der Waals surface area (Å²) in [5.74, 6) is 0.368. The van der Waals surface area contributed by atoms with E-state index in [0.717, 1.165) is 0 Å². The fourth-order valence-corrected chi connectivity index (χ4v) is 1.35. The first-order valence-electron chi connectivity index (χ1n) is 5.75.